The van der Waals surface area contributed by atoms with E-state index in [1.165, 1.54) is 0 Å². The fourth-order valence-electron chi connectivity index (χ4n) is 2.81. The van der Waals surface area contributed by atoms with Gasteiger partial charge in [-0.15, -0.1) is 0 Å². The summed E-state index contributed by atoms with van der Waals surface area (Å²) in [6.45, 7) is 6.00. The highest BCUT2D eigenvalue weighted by molar-refractivity contribution is 6.02. The Hall–Kier alpha value is -2.74. The van der Waals surface area contributed by atoms with Gasteiger partial charge in [0.05, 0.1) is 11.2 Å². The summed E-state index contributed by atoms with van der Waals surface area (Å²) in [6.07, 6.45) is 6.01. The number of nitrogens with zero attached hydrogens (tertiary/aromatic N) is 1. The van der Waals surface area contributed by atoms with Crippen LogP contribution in [0.3, 0.4) is 0 Å². The van der Waals surface area contributed by atoms with Crippen LogP contribution in [0.1, 0.15) is 18.2 Å². The maximum absolute atomic E-state index is 6.22. The number of anilines is 1. The number of nitrogen functional groups attached to an aromatic ring is 1. The largest absolute Gasteiger partial charge is 0.398 e. The molecule has 1 heterocycles. The fraction of sp³-hybridized carbons (Fsp3) is 0.0526. The van der Waals surface area contributed by atoms with Crippen molar-refractivity contribution in [3.63, 3.8) is 0 Å². The van der Waals surface area contributed by atoms with E-state index in [9.17, 15) is 0 Å². The number of rotatable bonds is 3. The van der Waals surface area contributed by atoms with Crippen LogP contribution in [-0.2, 0) is 0 Å². The molecule has 2 nitrogen and oxygen atoms in total. The first kappa shape index (κ1) is 13.3. The van der Waals surface area contributed by atoms with Gasteiger partial charge in [-0.2, -0.15) is 0 Å². The lowest BCUT2D eigenvalue weighted by atomic mass is 10.1. The highest BCUT2D eigenvalue weighted by atomic mass is 15.0. The molecule has 0 spiro atoms. The number of hydrogen-bond acceptors (Lipinski definition) is 1. The number of hydrogen-bond donors (Lipinski definition) is 1. The van der Waals surface area contributed by atoms with Crippen LogP contribution >= 0.6 is 0 Å². The molecule has 104 valence electrons. The van der Waals surface area contributed by atoms with E-state index in [2.05, 4.69) is 35.4 Å². The molecule has 0 fully saturated rings. The number of benzene rings is 2. The third kappa shape index (κ3) is 2.05. The number of allylic oxidation sites excluding steroid dienone is 1. The van der Waals surface area contributed by atoms with E-state index < -0.39 is 0 Å². The highest BCUT2D eigenvalue weighted by Crippen LogP contribution is 2.34. The maximum Gasteiger partial charge on any atom is 0.0561 e. The topological polar surface area (TPSA) is 30.9 Å². The number of para-hydroxylation sites is 1. The number of fused-ring (bicyclic) bond motifs is 1. The Labute approximate surface area is 124 Å². The highest BCUT2D eigenvalue weighted by Gasteiger charge is 2.16. The Morgan fingerprint density at radius 1 is 1.05 bits per heavy atom. The predicted molar refractivity (Wildman–Crippen MR) is 92.5 cm³/mol. The molecule has 0 atom stereocenters. The monoisotopic (exact) mass is 274 g/mol. The van der Waals surface area contributed by atoms with Gasteiger partial charge in [0.1, 0.15) is 0 Å². The van der Waals surface area contributed by atoms with E-state index in [1.807, 2.05) is 49.4 Å². The van der Waals surface area contributed by atoms with Gasteiger partial charge in [-0.3, -0.25) is 0 Å². The minimum atomic E-state index is 0.790. The molecule has 21 heavy (non-hydrogen) atoms. The molecule has 0 aliphatic rings. The van der Waals surface area contributed by atoms with Gasteiger partial charge in [0.15, 0.2) is 0 Å². The Morgan fingerprint density at radius 3 is 2.48 bits per heavy atom. The number of nitrogens with two attached hydrogens (primary N) is 1. The first-order chi connectivity index (χ1) is 10.3. The third-order valence-corrected chi connectivity index (χ3v) is 3.64. The molecule has 2 heteroatoms. The van der Waals surface area contributed by atoms with Crippen LogP contribution in [0.2, 0.25) is 0 Å². The molecule has 2 aromatic carbocycles. The molecule has 1 aromatic heterocycles. The molecule has 0 amide bonds. The quantitative estimate of drug-likeness (QED) is 0.677. The zero-order valence-electron chi connectivity index (χ0n) is 12.1. The summed E-state index contributed by atoms with van der Waals surface area (Å²) in [6, 6.07) is 16.3. The minimum Gasteiger partial charge on any atom is -0.398 e. The van der Waals surface area contributed by atoms with E-state index in [0.717, 1.165) is 33.5 Å². The summed E-state index contributed by atoms with van der Waals surface area (Å²) in [5.41, 5.74) is 11.4. The molecule has 0 aliphatic carbocycles. The zero-order valence-corrected chi connectivity index (χ0v) is 12.1. The summed E-state index contributed by atoms with van der Waals surface area (Å²) in [7, 11) is 0. The molecule has 0 bridgehead atoms. The van der Waals surface area contributed by atoms with Crippen LogP contribution in [0.25, 0.3) is 28.7 Å². The fourth-order valence-corrected chi connectivity index (χ4v) is 2.81. The van der Waals surface area contributed by atoms with Gasteiger partial charge in [0.25, 0.3) is 0 Å². The first-order valence-electron chi connectivity index (χ1n) is 7.01. The van der Waals surface area contributed by atoms with Crippen molar-refractivity contribution in [3.05, 3.63) is 72.4 Å². The average molecular weight is 274 g/mol. The Kier molecular flexibility index (Phi) is 3.36. The maximum atomic E-state index is 6.22. The van der Waals surface area contributed by atoms with Crippen molar-refractivity contribution in [2.24, 2.45) is 0 Å². The van der Waals surface area contributed by atoms with Crippen LogP contribution in [0.5, 0.6) is 0 Å². The minimum absolute atomic E-state index is 0.790. The van der Waals surface area contributed by atoms with Crippen LogP contribution in [0.15, 0.2) is 61.2 Å². The van der Waals surface area contributed by atoms with Crippen molar-refractivity contribution >= 4 is 28.7 Å². The molecule has 2 N–H and O–H groups in total. The van der Waals surface area contributed by atoms with Crippen molar-refractivity contribution in [2.45, 2.75) is 6.92 Å². The number of aromatic nitrogens is 1. The van der Waals surface area contributed by atoms with Gasteiger partial charge in [-0.05, 0) is 37.3 Å². The molecular formula is C19H18N2. The van der Waals surface area contributed by atoms with Crippen LogP contribution in [0, 0.1) is 0 Å². The molecule has 0 saturated heterocycles. The zero-order chi connectivity index (χ0) is 14.8. The Balaban J connectivity index is 2.50. The standard InChI is InChI=1S/C19H18N2/c1-3-9-15-17(4-2)21(14-10-6-5-7-11-14)18-13-8-12-16(20)19(15)18/h3-13H,2,20H2,1H3/b9-3-. The second-order valence-corrected chi connectivity index (χ2v) is 4.92. The van der Waals surface area contributed by atoms with Gasteiger partial charge >= 0.3 is 0 Å². The molecule has 0 saturated carbocycles. The van der Waals surface area contributed by atoms with Crippen LogP contribution < -0.4 is 5.73 Å². The van der Waals surface area contributed by atoms with Gasteiger partial charge in [0.2, 0.25) is 0 Å². The smallest absolute Gasteiger partial charge is 0.0561 e. The van der Waals surface area contributed by atoms with Gasteiger partial charge in [-0.25, -0.2) is 0 Å². The average Bonchev–Trinajstić information content (AvgIpc) is 2.83. The lowest BCUT2D eigenvalue weighted by Gasteiger charge is -2.08. The van der Waals surface area contributed by atoms with E-state index in [-0.39, 0.29) is 0 Å². The van der Waals surface area contributed by atoms with Crippen LogP contribution in [0.4, 0.5) is 5.69 Å². The van der Waals surface area contributed by atoms with E-state index in [1.54, 1.807) is 0 Å². The summed E-state index contributed by atoms with van der Waals surface area (Å²) in [5.74, 6) is 0. The normalized spacial score (nSPS) is 11.3. The van der Waals surface area contributed by atoms with Crippen LogP contribution in [-0.4, -0.2) is 4.57 Å². The van der Waals surface area contributed by atoms with Crippen molar-refractivity contribution in [3.8, 4) is 5.69 Å². The summed E-state index contributed by atoms with van der Waals surface area (Å²) in [5, 5.41) is 1.08. The summed E-state index contributed by atoms with van der Waals surface area (Å²) >= 11 is 0. The van der Waals surface area contributed by atoms with Gasteiger partial charge < -0.3 is 10.3 Å². The SMILES string of the molecule is C=Cc1c(/C=C\C)c2c(N)cccc2n1-c1ccccc1. The Morgan fingerprint density at radius 2 is 1.81 bits per heavy atom. The molecule has 0 radical (unpaired) electrons. The molecule has 3 aromatic rings. The van der Waals surface area contributed by atoms with Gasteiger partial charge in [0, 0.05) is 22.3 Å². The first-order valence-corrected chi connectivity index (χ1v) is 7.01. The van der Waals surface area contributed by atoms with Gasteiger partial charge in [-0.1, -0.05) is 43.0 Å². The van der Waals surface area contributed by atoms with Crippen molar-refractivity contribution in [1.29, 1.82) is 0 Å². The summed E-state index contributed by atoms with van der Waals surface area (Å²) < 4.78 is 2.20. The lowest BCUT2D eigenvalue weighted by Crippen LogP contribution is -1.96. The van der Waals surface area contributed by atoms with Crippen molar-refractivity contribution in [1.82, 2.24) is 4.57 Å². The summed E-state index contributed by atoms with van der Waals surface area (Å²) in [4.78, 5) is 0. The predicted octanol–water partition coefficient (Wildman–Crippen LogP) is 4.89. The molecule has 0 unspecified atom stereocenters. The second kappa shape index (κ2) is 5.33. The lowest BCUT2D eigenvalue weighted by molar-refractivity contribution is 1.11. The van der Waals surface area contributed by atoms with Crippen molar-refractivity contribution in [2.75, 3.05) is 5.73 Å². The third-order valence-electron chi connectivity index (χ3n) is 3.64. The van der Waals surface area contributed by atoms with Crippen molar-refractivity contribution < 1.29 is 0 Å². The molecular weight excluding hydrogens is 256 g/mol. The van der Waals surface area contributed by atoms with E-state index in [4.69, 9.17) is 5.73 Å². The van der Waals surface area contributed by atoms with E-state index >= 15 is 0 Å². The van der Waals surface area contributed by atoms with E-state index in [0.29, 0.717) is 0 Å². The second-order valence-electron chi connectivity index (χ2n) is 4.92. The molecule has 0 aliphatic heterocycles. The molecule has 3 rings (SSSR count). The Bertz CT molecular complexity index is 824.